The highest BCUT2D eigenvalue weighted by molar-refractivity contribution is 7.92. The first kappa shape index (κ1) is 15.1. The first-order valence-corrected chi connectivity index (χ1v) is 8.80. The Bertz CT molecular complexity index is 841. The third-order valence-corrected chi connectivity index (χ3v) is 5.88. The number of aryl methyl sites for hydroxylation is 1. The van der Waals surface area contributed by atoms with Crippen LogP contribution in [0.3, 0.4) is 0 Å². The topological polar surface area (TPSA) is 37.4 Å². The molecule has 22 heavy (non-hydrogen) atoms. The summed E-state index contributed by atoms with van der Waals surface area (Å²) in [4.78, 5) is 0.293. The molecule has 5 heteroatoms. The van der Waals surface area contributed by atoms with E-state index in [1.54, 1.807) is 42.5 Å². The van der Waals surface area contributed by atoms with Crippen LogP contribution in [0.4, 0.5) is 5.69 Å². The predicted molar refractivity (Wildman–Crippen MR) is 90.8 cm³/mol. The molecule has 1 unspecified atom stereocenters. The van der Waals surface area contributed by atoms with Crippen molar-refractivity contribution < 1.29 is 8.42 Å². The lowest BCUT2D eigenvalue weighted by molar-refractivity contribution is 0.587. The molecular weight excluding hydrogens is 318 g/mol. The molecule has 0 saturated heterocycles. The number of nitrogens with zero attached hydrogens (tertiary/aromatic N) is 1. The van der Waals surface area contributed by atoms with Gasteiger partial charge in [0.1, 0.15) is 0 Å². The van der Waals surface area contributed by atoms with Crippen molar-refractivity contribution in [1.82, 2.24) is 0 Å². The summed E-state index contributed by atoms with van der Waals surface area (Å²) < 4.78 is 27.5. The quantitative estimate of drug-likeness (QED) is 0.823. The molecule has 3 rings (SSSR count). The number of sulfonamides is 1. The summed E-state index contributed by atoms with van der Waals surface area (Å²) in [6.45, 7) is 3.79. The zero-order valence-corrected chi connectivity index (χ0v) is 13.9. The Kier molecular flexibility index (Phi) is 3.75. The third-order valence-electron chi connectivity index (χ3n) is 3.73. The van der Waals surface area contributed by atoms with Crippen molar-refractivity contribution in [2.75, 3.05) is 4.31 Å². The van der Waals surface area contributed by atoms with E-state index in [0.29, 0.717) is 15.6 Å². The van der Waals surface area contributed by atoms with Crippen LogP contribution in [0.2, 0.25) is 5.02 Å². The van der Waals surface area contributed by atoms with Gasteiger partial charge in [-0.2, -0.15) is 0 Å². The van der Waals surface area contributed by atoms with Crippen molar-refractivity contribution in [2.24, 2.45) is 0 Å². The molecule has 2 aromatic carbocycles. The molecule has 0 spiro atoms. The largest absolute Gasteiger partial charge is 0.264 e. The van der Waals surface area contributed by atoms with Gasteiger partial charge in [-0.15, -0.1) is 0 Å². The molecule has 0 aliphatic carbocycles. The fourth-order valence-electron chi connectivity index (χ4n) is 2.57. The molecule has 114 valence electrons. The van der Waals surface area contributed by atoms with Gasteiger partial charge in [-0.3, -0.25) is 4.31 Å². The third kappa shape index (κ3) is 2.53. The SMILES string of the molecule is Cc1ccc(S(=O)(=O)N2c3ccc(Cl)cc3C=CC2C)cc1. The van der Waals surface area contributed by atoms with E-state index < -0.39 is 10.0 Å². The number of anilines is 1. The molecule has 1 atom stereocenters. The van der Waals surface area contributed by atoms with Gasteiger partial charge in [-0.05, 0) is 44.2 Å². The fraction of sp³-hybridized carbons (Fsp3) is 0.176. The van der Waals surface area contributed by atoms with Crippen LogP contribution in [-0.4, -0.2) is 14.5 Å². The molecule has 0 N–H and O–H groups in total. The number of hydrogen-bond acceptors (Lipinski definition) is 2. The van der Waals surface area contributed by atoms with Gasteiger partial charge < -0.3 is 0 Å². The van der Waals surface area contributed by atoms with E-state index in [1.165, 1.54) is 4.31 Å². The summed E-state index contributed by atoms with van der Waals surface area (Å²) in [5.41, 5.74) is 2.49. The lowest BCUT2D eigenvalue weighted by atomic mass is 10.1. The normalized spacial score (nSPS) is 17.4. The summed E-state index contributed by atoms with van der Waals surface area (Å²) in [5, 5.41) is 0.589. The van der Waals surface area contributed by atoms with Crippen molar-refractivity contribution in [2.45, 2.75) is 24.8 Å². The molecule has 0 fully saturated rings. The van der Waals surface area contributed by atoms with E-state index in [9.17, 15) is 8.42 Å². The van der Waals surface area contributed by atoms with Crippen LogP contribution >= 0.6 is 11.6 Å². The van der Waals surface area contributed by atoms with Crippen LogP contribution in [0, 0.1) is 6.92 Å². The summed E-state index contributed by atoms with van der Waals surface area (Å²) >= 11 is 6.01. The van der Waals surface area contributed by atoms with Crippen LogP contribution in [0.5, 0.6) is 0 Å². The van der Waals surface area contributed by atoms with Gasteiger partial charge in [0.15, 0.2) is 0 Å². The van der Waals surface area contributed by atoms with E-state index in [1.807, 2.05) is 26.0 Å². The fourth-order valence-corrected chi connectivity index (χ4v) is 4.39. The summed E-state index contributed by atoms with van der Waals surface area (Å²) in [6, 6.07) is 11.9. The van der Waals surface area contributed by atoms with Crippen LogP contribution in [0.15, 0.2) is 53.4 Å². The van der Waals surface area contributed by atoms with Crippen molar-refractivity contribution in [1.29, 1.82) is 0 Å². The molecule has 0 aromatic heterocycles. The van der Waals surface area contributed by atoms with E-state index in [-0.39, 0.29) is 6.04 Å². The molecule has 2 aromatic rings. The summed E-state index contributed by atoms with van der Waals surface area (Å²) in [5.74, 6) is 0. The standard InChI is InChI=1S/C17H16ClNO2S/c1-12-3-8-16(9-4-12)22(20,21)19-13(2)5-6-14-11-15(18)7-10-17(14)19/h3-11,13H,1-2H3. The number of hydrogen-bond donors (Lipinski definition) is 0. The predicted octanol–water partition coefficient (Wildman–Crippen LogP) is 4.26. The second-order valence-corrected chi connectivity index (χ2v) is 7.67. The van der Waals surface area contributed by atoms with Gasteiger partial charge in [0.05, 0.1) is 16.6 Å². The van der Waals surface area contributed by atoms with Gasteiger partial charge >= 0.3 is 0 Å². The Balaban J connectivity index is 2.14. The minimum absolute atomic E-state index is 0.250. The monoisotopic (exact) mass is 333 g/mol. The maximum absolute atomic E-state index is 13.0. The van der Waals surface area contributed by atoms with Crippen LogP contribution < -0.4 is 4.31 Å². The molecule has 0 amide bonds. The highest BCUT2D eigenvalue weighted by Crippen LogP contribution is 2.35. The highest BCUT2D eigenvalue weighted by atomic mass is 35.5. The first-order chi connectivity index (χ1) is 10.4. The van der Waals surface area contributed by atoms with Crippen LogP contribution in [-0.2, 0) is 10.0 Å². The minimum atomic E-state index is -3.62. The first-order valence-electron chi connectivity index (χ1n) is 6.98. The van der Waals surface area contributed by atoms with E-state index >= 15 is 0 Å². The Morgan fingerprint density at radius 1 is 1.09 bits per heavy atom. The molecule has 0 radical (unpaired) electrons. The molecule has 1 aliphatic rings. The molecule has 0 bridgehead atoms. The van der Waals surface area contributed by atoms with E-state index in [4.69, 9.17) is 11.6 Å². The second-order valence-electron chi connectivity index (χ2n) is 5.42. The van der Waals surface area contributed by atoms with Gasteiger partial charge in [-0.1, -0.05) is 41.4 Å². The maximum Gasteiger partial charge on any atom is 0.264 e. The Morgan fingerprint density at radius 2 is 1.77 bits per heavy atom. The number of fused-ring (bicyclic) bond motifs is 1. The summed E-state index contributed by atoms with van der Waals surface area (Å²) in [6.07, 6.45) is 3.78. The van der Waals surface area contributed by atoms with Gasteiger partial charge in [0.25, 0.3) is 10.0 Å². The molecule has 1 aliphatic heterocycles. The number of halogens is 1. The maximum atomic E-state index is 13.0. The number of rotatable bonds is 2. The molecule has 1 heterocycles. The smallest absolute Gasteiger partial charge is 0.259 e. The molecule has 3 nitrogen and oxygen atoms in total. The van der Waals surface area contributed by atoms with Crippen LogP contribution in [0.25, 0.3) is 6.08 Å². The van der Waals surface area contributed by atoms with Gasteiger partial charge in [0, 0.05) is 10.6 Å². The van der Waals surface area contributed by atoms with Crippen molar-refractivity contribution in [3.05, 3.63) is 64.7 Å². The number of benzene rings is 2. The van der Waals surface area contributed by atoms with Gasteiger partial charge in [0.2, 0.25) is 0 Å². The van der Waals surface area contributed by atoms with E-state index in [0.717, 1.165) is 11.1 Å². The van der Waals surface area contributed by atoms with Crippen molar-refractivity contribution in [3.8, 4) is 0 Å². The zero-order valence-electron chi connectivity index (χ0n) is 12.3. The van der Waals surface area contributed by atoms with Crippen molar-refractivity contribution in [3.63, 3.8) is 0 Å². The zero-order chi connectivity index (χ0) is 15.9. The van der Waals surface area contributed by atoms with Crippen molar-refractivity contribution >= 4 is 33.4 Å². The Hall–Kier alpha value is -1.78. The average Bonchev–Trinajstić information content (AvgIpc) is 2.47. The lowest BCUT2D eigenvalue weighted by Gasteiger charge is -2.32. The Labute approximate surface area is 135 Å². The van der Waals surface area contributed by atoms with Gasteiger partial charge in [-0.25, -0.2) is 8.42 Å². The molecular formula is C17H16ClNO2S. The molecule has 0 saturated carbocycles. The van der Waals surface area contributed by atoms with Crippen LogP contribution in [0.1, 0.15) is 18.1 Å². The highest BCUT2D eigenvalue weighted by Gasteiger charge is 2.31. The average molecular weight is 334 g/mol. The second kappa shape index (κ2) is 5.45. The Morgan fingerprint density at radius 3 is 2.45 bits per heavy atom. The minimum Gasteiger partial charge on any atom is -0.259 e. The lowest BCUT2D eigenvalue weighted by Crippen LogP contribution is -2.39. The van der Waals surface area contributed by atoms with E-state index in [2.05, 4.69) is 0 Å². The summed E-state index contributed by atoms with van der Waals surface area (Å²) in [7, 11) is -3.62.